The van der Waals surface area contributed by atoms with Gasteiger partial charge in [-0.15, -0.1) is 0 Å². The van der Waals surface area contributed by atoms with Gasteiger partial charge in [0.05, 0.1) is 12.1 Å². The number of benzene rings is 1. The SMILES string of the molecule is Cn1c(=O)oc2cc(C(=O)C3CO3)ccc21. The molecule has 1 aromatic carbocycles. The van der Waals surface area contributed by atoms with Crippen molar-refractivity contribution >= 4 is 16.9 Å². The molecule has 0 amide bonds. The Balaban J connectivity index is 2.15. The Labute approximate surface area is 90.2 Å². The van der Waals surface area contributed by atoms with Gasteiger partial charge in [-0.2, -0.15) is 0 Å². The van der Waals surface area contributed by atoms with E-state index in [9.17, 15) is 9.59 Å². The van der Waals surface area contributed by atoms with Crippen molar-refractivity contribution in [1.82, 2.24) is 4.57 Å². The van der Waals surface area contributed by atoms with Crippen molar-refractivity contribution in [2.45, 2.75) is 6.10 Å². The fourth-order valence-corrected chi connectivity index (χ4v) is 1.67. The molecule has 1 atom stereocenters. The minimum atomic E-state index is -0.428. The summed E-state index contributed by atoms with van der Waals surface area (Å²) in [7, 11) is 1.62. The number of nitrogens with zero attached hydrogens (tertiary/aromatic N) is 1. The van der Waals surface area contributed by atoms with E-state index in [4.69, 9.17) is 9.15 Å². The van der Waals surface area contributed by atoms with Gasteiger partial charge in [0, 0.05) is 12.6 Å². The first kappa shape index (κ1) is 9.35. The van der Waals surface area contributed by atoms with Crippen molar-refractivity contribution in [3.63, 3.8) is 0 Å². The van der Waals surface area contributed by atoms with E-state index in [0.717, 1.165) is 0 Å². The monoisotopic (exact) mass is 219 g/mol. The second kappa shape index (κ2) is 3.05. The van der Waals surface area contributed by atoms with Gasteiger partial charge < -0.3 is 9.15 Å². The van der Waals surface area contributed by atoms with Crippen LogP contribution in [-0.4, -0.2) is 23.1 Å². The molecule has 2 aromatic rings. The van der Waals surface area contributed by atoms with Crippen LogP contribution in [0.2, 0.25) is 0 Å². The summed E-state index contributed by atoms with van der Waals surface area (Å²) in [5.74, 6) is -0.490. The summed E-state index contributed by atoms with van der Waals surface area (Å²) in [5, 5.41) is 0. The zero-order chi connectivity index (χ0) is 11.3. The average molecular weight is 219 g/mol. The normalized spacial score (nSPS) is 18.9. The van der Waals surface area contributed by atoms with Crippen LogP contribution < -0.4 is 5.76 Å². The van der Waals surface area contributed by atoms with Gasteiger partial charge >= 0.3 is 5.76 Å². The Morgan fingerprint density at radius 3 is 2.94 bits per heavy atom. The topological polar surface area (TPSA) is 64.7 Å². The lowest BCUT2D eigenvalue weighted by atomic mass is 10.1. The number of aromatic nitrogens is 1. The summed E-state index contributed by atoms with van der Waals surface area (Å²) in [6.45, 7) is 0.482. The summed E-state index contributed by atoms with van der Waals surface area (Å²) in [5.41, 5.74) is 1.63. The number of fused-ring (bicyclic) bond motifs is 1. The smallest absolute Gasteiger partial charge is 0.408 e. The Bertz CT molecular complexity index is 633. The Hall–Kier alpha value is -1.88. The highest BCUT2D eigenvalue weighted by molar-refractivity contribution is 6.02. The molecule has 0 radical (unpaired) electrons. The number of ether oxygens (including phenoxy) is 1. The third-order valence-corrected chi connectivity index (χ3v) is 2.70. The highest BCUT2D eigenvalue weighted by Crippen LogP contribution is 2.20. The number of hydrogen-bond acceptors (Lipinski definition) is 4. The van der Waals surface area contributed by atoms with Crippen LogP contribution >= 0.6 is 0 Å². The standard InChI is InChI=1S/C11H9NO4/c1-12-7-3-2-6(10(13)9-5-15-9)4-8(7)16-11(12)14/h2-4,9H,5H2,1H3. The molecule has 1 aliphatic rings. The van der Waals surface area contributed by atoms with E-state index in [-0.39, 0.29) is 11.9 Å². The fourth-order valence-electron chi connectivity index (χ4n) is 1.67. The number of Topliss-reactive ketones (excluding diaryl/α,β-unsaturated/α-hetero) is 1. The van der Waals surface area contributed by atoms with Crippen molar-refractivity contribution in [2.24, 2.45) is 7.05 Å². The third kappa shape index (κ3) is 1.29. The lowest BCUT2D eigenvalue weighted by molar-refractivity contribution is 0.0953. The number of ketones is 1. The lowest BCUT2D eigenvalue weighted by Gasteiger charge is -1.97. The van der Waals surface area contributed by atoms with E-state index >= 15 is 0 Å². The second-order valence-electron chi connectivity index (χ2n) is 3.80. The highest BCUT2D eigenvalue weighted by atomic mass is 16.6. The number of oxazole rings is 1. The molecule has 2 heterocycles. The van der Waals surface area contributed by atoms with E-state index in [1.54, 1.807) is 25.2 Å². The van der Waals surface area contributed by atoms with Gasteiger partial charge in [0.1, 0.15) is 6.10 Å². The Morgan fingerprint density at radius 1 is 1.50 bits per heavy atom. The van der Waals surface area contributed by atoms with Gasteiger partial charge in [-0.3, -0.25) is 9.36 Å². The molecule has 0 aliphatic carbocycles. The number of carbonyl (C=O) groups excluding carboxylic acids is 1. The van der Waals surface area contributed by atoms with Crippen molar-refractivity contribution in [1.29, 1.82) is 0 Å². The first-order valence-corrected chi connectivity index (χ1v) is 4.92. The van der Waals surface area contributed by atoms with Gasteiger partial charge in [-0.25, -0.2) is 4.79 Å². The van der Waals surface area contributed by atoms with E-state index in [1.165, 1.54) is 4.57 Å². The van der Waals surface area contributed by atoms with Crippen molar-refractivity contribution in [2.75, 3.05) is 6.61 Å². The molecule has 0 N–H and O–H groups in total. The number of carbonyl (C=O) groups is 1. The first-order chi connectivity index (χ1) is 7.66. The van der Waals surface area contributed by atoms with Crippen LogP contribution in [0.4, 0.5) is 0 Å². The predicted molar refractivity (Wildman–Crippen MR) is 55.5 cm³/mol. The minimum Gasteiger partial charge on any atom is -0.408 e. The van der Waals surface area contributed by atoms with E-state index in [1.807, 2.05) is 0 Å². The molecule has 0 spiro atoms. The highest BCUT2D eigenvalue weighted by Gasteiger charge is 2.32. The number of epoxide rings is 1. The predicted octanol–water partition coefficient (Wildman–Crippen LogP) is 0.713. The summed E-state index contributed by atoms with van der Waals surface area (Å²) in [6, 6.07) is 4.97. The van der Waals surface area contributed by atoms with Gasteiger partial charge in [0.25, 0.3) is 0 Å². The summed E-state index contributed by atoms with van der Waals surface area (Å²) in [4.78, 5) is 22.9. The van der Waals surface area contributed by atoms with Crippen LogP contribution in [-0.2, 0) is 11.8 Å². The van der Waals surface area contributed by atoms with Crippen LogP contribution in [0.1, 0.15) is 10.4 Å². The largest absolute Gasteiger partial charge is 0.419 e. The summed E-state index contributed by atoms with van der Waals surface area (Å²) in [6.07, 6.45) is -0.312. The van der Waals surface area contributed by atoms with Gasteiger partial charge in [-0.05, 0) is 18.2 Å². The maximum atomic E-state index is 11.7. The van der Waals surface area contributed by atoms with Crippen LogP contribution in [0, 0.1) is 0 Å². The van der Waals surface area contributed by atoms with Crippen LogP contribution in [0.25, 0.3) is 11.1 Å². The molecule has 5 nitrogen and oxygen atoms in total. The molecule has 1 aliphatic heterocycles. The van der Waals surface area contributed by atoms with Crippen molar-refractivity contribution < 1.29 is 13.9 Å². The summed E-state index contributed by atoms with van der Waals surface area (Å²) >= 11 is 0. The fraction of sp³-hybridized carbons (Fsp3) is 0.273. The molecule has 1 fully saturated rings. The van der Waals surface area contributed by atoms with Gasteiger partial charge in [0.2, 0.25) is 0 Å². The molecule has 1 unspecified atom stereocenters. The van der Waals surface area contributed by atoms with Crippen LogP contribution in [0.3, 0.4) is 0 Å². The van der Waals surface area contributed by atoms with Crippen molar-refractivity contribution in [3.05, 3.63) is 34.3 Å². The van der Waals surface area contributed by atoms with E-state index in [0.29, 0.717) is 23.3 Å². The zero-order valence-corrected chi connectivity index (χ0v) is 8.60. The van der Waals surface area contributed by atoms with E-state index < -0.39 is 5.76 Å². The Kier molecular flexibility index (Phi) is 1.79. The molecule has 82 valence electrons. The first-order valence-electron chi connectivity index (χ1n) is 4.92. The van der Waals surface area contributed by atoms with E-state index in [2.05, 4.69) is 0 Å². The van der Waals surface area contributed by atoms with Crippen LogP contribution in [0.15, 0.2) is 27.4 Å². The zero-order valence-electron chi connectivity index (χ0n) is 8.60. The Morgan fingerprint density at radius 2 is 2.25 bits per heavy atom. The third-order valence-electron chi connectivity index (χ3n) is 2.70. The summed E-state index contributed by atoms with van der Waals surface area (Å²) < 4.78 is 11.3. The molecule has 16 heavy (non-hydrogen) atoms. The number of hydrogen-bond donors (Lipinski definition) is 0. The lowest BCUT2D eigenvalue weighted by Crippen LogP contribution is -2.08. The number of rotatable bonds is 2. The average Bonchev–Trinajstić information content (AvgIpc) is 3.07. The minimum absolute atomic E-state index is 0.0617. The molecule has 3 rings (SSSR count). The molecule has 1 aromatic heterocycles. The maximum Gasteiger partial charge on any atom is 0.419 e. The molecular formula is C11H9NO4. The number of aryl methyl sites for hydroxylation is 1. The van der Waals surface area contributed by atoms with Gasteiger partial charge in [-0.1, -0.05) is 0 Å². The van der Waals surface area contributed by atoms with Crippen LogP contribution in [0.5, 0.6) is 0 Å². The molecule has 1 saturated heterocycles. The van der Waals surface area contributed by atoms with Gasteiger partial charge in [0.15, 0.2) is 11.4 Å². The molecule has 5 heteroatoms. The molecule has 0 bridgehead atoms. The molecular weight excluding hydrogens is 210 g/mol. The molecule has 0 saturated carbocycles. The quantitative estimate of drug-likeness (QED) is 0.551. The van der Waals surface area contributed by atoms with Crippen molar-refractivity contribution in [3.8, 4) is 0 Å². The second-order valence-corrected chi connectivity index (χ2v) is 3.80. The maximum absolute atomic E-state index is 11.7.